The molecule has 1 aliphatic heterocycles. The van der Waals surface area contributed by atoms with Gasteiger partial charge in [-0.15, -0.1) is 0 Å². The van der Waals surface area contributed by atoms with Crippen LogP contribution in [0.4, 0.5) is 4.39 Å². The Morgan fingerprint density at radius 2 is 2.20 bits per heavy atom. The van der Waals surface area contributed by atoms with E-state index in [0.29, 0.717) is 21.3 Å². The third-order valence-electron chi connectivity index (χ3n) is 2.80. The summed E-state index contributed by atoms with van der Waals surface area (Å²) < 4.78 is 14.2. The summed E-state index contributed by atoms with van der Waals surface area (Å²) in [5.41, 5.74) is 0.414. The molecule has 2 nitrogen and oxygen atoms in total. The molecule has 106 valence electrons. The van der Waals surface area contributed by atoms with Crippen molar-refractivity contribution < 1.29 is 9.18 Å². The van der Waals surface area contributed by atoms with Crippen molar-refractivity contribution >= 4 is 52.0 Å². The van der Waals surface area contributed by atoms with Gasteiger partial charge in [0.05, 0.1) is 4.91 Å². The number of carbonyl (C=O) groups excluding carboxylic acids is 1. The molecule has 1 aromatic rings. The second kappa shape index (κ2) is 7.24. The zero-order valence-electron chi connectivity index (χ0n) is 11.0. The van der Waals surface area contributed by atoms with E-state index in [2.05, 4.69) is 0 Å². The van der Waals surface area contributed by atoms with Crippen molar-refractivity contribution in [2.75, 3.05) is 18.6 Å². The molecule has 0 radical (unpaired) electrons. The van der Waals surface area contributed by atoms with E-state index in [1.54, 1.807) is 40.9 Å². The summed E-state index contributed by atoms with van der Waals surface area (Å²) in [6, 6.07) is 6.40. The van der Waals surface area contributed by atoms with Gasteiger partial charge in [-0.3, -0.25) is 9.69 Å². The van der Waals surface area contributed by atoms with E-state index in [0.717, 1.165) is 12.2 Å². The number of carbonyl (C=O) groups is 1. The fraction of sp³-hybridized carbons (Fsp3) is 0.286. The smallest absolute Gasteiger partial charge is 0.266 e. The highest BCUT2D eigenvalue weighted by Crippen LogP contribution is 2.33. The lowest BCUT2D eigenvalue weighted by Gasteiger charge is -2.13. The monoisotopic (exact) mass is 327 g/mol. The number of thioether (sulfide) groups is 2. The number of halogens is 1. The van der Waals surface area contributed by atoms with Gasteiger partial charge in [-0.25, -0.2) is 4.39 Å². The standard InChI is InChI=1S/C14H14FNOS3/c1-19-8-4-7-16-13(17)12(20-14(16)18)9-10-5-2-3-6-11(10)15/h2-3,5-6,9H,4,7-8H2,1H3. The van der Waals surface area contributed by atoms with Gasteiger partial charge < -0.3 is 0 Å². The van der Waals surface area contributed by atoms with Crippen LogP contribution in [0.15, 0.2) is 29.2 Å². The number of thiocarbonyl (C=S) groups is 1. The maximum atomic E-state index is 13.6. The zero-order valence-corrected chi connectivity index (χ0v) is 13.4. The summed E-state index contributed by atoms with van der Waals surface area (Å²) in [5, 5.41) is 0. The molecule has 2 rings (SSSR count). The first-order valence-electron chi connectivity index (χ1n) is 6.12. The van der Waals surface area contributed by atoms with Crippen molar-refractivity contribution in [2.45, 2.75) is 6.42 Å². The lowest BCUT2D eigenvalue weighted by molar-refractivity contribution is -0.122. The molecule has 1 aliphatic rings. The maximum Gasteiger partial charge on any atom is 0.266 e. The molecule has 0 aliphatic carbocycles. The zero-order chi connectivity index (χ0) is 14.5. The van der Waals surface area contributed by atoms with E-state index in [9.17, 15) is 9.18 Å². The second-order valence-electron chi connectivity index (χ2n) is 4.20. The Morgan fingerprint density at radius 1 is 1.45 bits per heavy atom. The van der Waals surface area contributed by atoms with Crippen LogP contribution >= 0.6 is 35.7 Å². The largest absolute Gasteiger partial charge is 0.293 e. The molecule has 1 amide bonds. The predicted molar refractivity (Wildman–Crippen MR) is 89.3 cm³/mol. The van der Waals surface area contributed by atoms with Gasteiger partial charge >= 0.3 is 0 Å². The Kier molecular flexibility index (Phi) is 5.63. The predicted octanol–water partition coefficient (Wildman–Crippen LogP) is 3.78. The van der Waals surface area contributed by atoms with Gasteiger partial charge in [0.1, 0.15) is 10.1 Å². The molecule has 0 bridgehead atoms. The molecule has 20 heavy (non-hydrogen) atoms. The number of amides is 1. The van der Waals surface area contributed by atoms with E-state index < -0.39 is 0 Å². The van der Waals surface area contributed by atoms with Gasteiger partial charge in [0.2, 0.25) is 0 Å². The highest BCUT2D eigenvalue weighted by Gasteiger charge is 2.31. The van der Waals surface area contributed by atoms with Gasteiger partial charge in [-0.05, 0) is 30.6 Å². The molecule has 0 aromatic heterocycles. The number of rotatable bonds is 5. The van der Waals surface area contributed by atoms with Crippen LogP contribution in [0, 0.1) is 5.82 Å². The van der Waals surface area contributed by atoms with Gasteiger partial charge in [0.25, 0.3) is 5.91 Å². The van der Waals surface area contributed by atoms with E-state index in [-0.39, 0.29) is 11.7 Å². The average Bonchev–Trinajstić information content (AvgIpc) is 2.69. The van der Waals surface area contributed by atoms with Crippen molar-refractivity contribution in [1.82, 2.24) is 4.90 Å². The summed E-state index contributed by atoms with van der Waals surface area (Å²) in [7, 11) is 0. The minimum absolute atomic E-state index is 0.121. The topological polar surface area (TPSA) is 20.3 Å². The third kappa shape index (κ3) is 3.62. The molecule has 0 N–H and O–H groups in total. The Balaban J connectivity index is 2.13. The quantitative estimate of drug-likeness (QED) is 0.466. The molecule has 1 saturated heterocycles. The second-order valence-corrected chi connectivity index (χ2v) is 6.86. The molecule has 0 saturated carbocycles. The molecule has 6 heteroatoms. The van der Waals surface area contributed by atoms with Crippen LogP contribution < -0.4 is 0 Å². The Bertz CT molecular complexity index is 559. The number of hydrogen-bond donors (Lipinski definition) is 0. The lowest BCUT2D eigenvalue weighted by atomic mass is 10.2. The van der Waals surface area contributed by atoms with E-state index in [4.69, 9.17) is 12.2 Å². The van der Waals surface area contributed by atoms with Crippen LogP contribution in [-0.2, 0) is 4.79 Å². The van der Waals surface area contributed by atoms with Gasteiger partial charge in [-0.2, -0.15) is 11.8 Å². The van der Waals surface area contributed by atoms with Crippen molar-refractivity contribution in [3.63, 3.8) is 0 Å². The summed E-state index contributed by atoms with van der Waals surface area (Å²) in [4.78, 5) is 14.3. The SMILES string of the molecule is CSCCCN1C(=O)C(=Cc2ccccc2F)SC1=S. The molecular formula is C14H14FNOS3. The van der Waals surface area contributed by atoms with Crippen LogP contribution in [0.25, 0.3) is 6.08 Å². The number of hydrogen-bond acceptors (Lipinski definition) is 4. The van der Waals surface area contributed by atoms with Crippen molar-refractivity contribution in [3.05, 3.63) is 40.6 Å². The molecule has 1 fully saturated rings. The third-order valence-corrected chi connectivity index (χ3v) is 4.87. The van der Waals surface area contributed by atoms with Crippen LogP contribution in [0.5, 0.6) is 0 Å². The fourth-order valence-electron chi connectivity index (χ4n) is 1.79. The number of nitrogens with zero attached hydrogens (tertiary/aromatic N) is 1. The maximum absolute atomic E-state index is 13.6. The number of benzene rings is 1. The first-order chi connectivity index (χ1) is 9.63. The van der Waals surface area contributed by atoms with Crippen molar-refractivity contribution in [3.8, 4) is 0 Å². The highest BCUT2D eigenvalue weighted by molar-refractivity contribution is 8.26. The summed E-state index contributed by atoms with van der Waals surface area (Å²) in [6.07, 6.45) is 4.51. The van der Waals surface area contributed by atoms with E-state index in [1.807, 2.05) is 6.26 Å². The van der Waals surface area contributed by atoms with Crippen LogP contribution in [-0.4, -0.2) is 33.7 Å². The van der Waals surface area contributed by atoms with Crippen LogP contribution in [0.2, 0.25) is 0 Å². The highest BCUT2D eigenvalue weighted by atomic mass is 32.2. The summed E-state index contributed by atoms with van der Waals surface area (Å²) >= 11 is 8.20. The Labute approximate surface area is 131 Å². The van der Waals surface area contributed by atoms with Crippen LogP contribution in [0.1, 0.15) is 12.0 Å². The molecule has 0 spiro atoms. The Morgan fingerprint density at radius 3 is 2.90 bits per heavy atom. The van der Waals surface area contributed by atoms with Crippen molar-refractivity contribution in [2.24, 2.45) is 0 Å². The molecule has 1 heterocycles. The first kappa shape index (κ1) is 15.5. The minimum Gasteiger partial charge on any atom is -0.293 e. The summed E-state index contributed by atoms with van der Waals surface area (Å²) in [6.45, 7) is 0.625. The Hall–Kier alpha value is -0.850. The first-order valence-corrected chi connectivity index (χ1v) is 8.74. The van der Waals surface area contributed by atoms with E-state index >= 15 is 0 Å². The fourth-order valence-corrected chi connectivity index (χ4v) is 3.51. The minimum atomic E-state index is -0.333. The average molecular weight is 327 g/mol. The van der Waals surface area contributed by atoms with Crippen molar-refractivity contribution in [1.29, 1.82) is 0 Å². The summed E-state index contributed by atoms with van der Waals surface area (Å²) in [5.74, 6) is 0.535. The molecule has 0 atom stereocenters. The molecule has 0 unspecified atom stereocenters. The molecular weight excluding hydrogens is 313 g/mol. The molecule has 1 aromatic carbocycles. The van der Waals surface area contributed by atoms with Gasteiger partial charge in [-0.1, -0.05) is 42.2 Å². The normalized spacial score (nSPS) is 17.3. The van der Waals surface area contributed by atoms with Gasteiger partial charge in [0.15, 0.2) is 0 Å². The van der Waals surface area contributed by atoms with Gasteiger partial charge in [0, 0.05) is 12.1 Å². The van der Waals surface area contributed by atoms with Crippen LogP contribution in [0.3, 0.4) is 0 Å². The van der Waals surface area contributed by atoms with E-state index in [1.165, 1.54) is 17.8 Å². The lowest BCUT2D eigenvalue weighted by Crippen LogP contribution is -2.29.